The Labute approximate surface area is 144 Å². The number of hydrogen-bond donors (Lipinski definition) is 0. The van der Waals surface area contributed by atoms with Crippen LogP contribution in [0.3, 0.4) is 0 Å². The van der Waals surface area contributed by atoms with Gasteiger partial charge in [-0.25, -0.2) is 0 Å². The van der Waals surface area contributed by atoms with Crippen molar-refractivity contribution < 1.29 is 45.3 Å². The van der Waals surface area contributed by atoms with Crippen LogP contribution >= 0.6 is 0 Å². The first-order valence-corrected chi connectivity index (χ1v) is 7.47. The van der Waals surface area contributed by atoms with E-state index in [1.807, 2.05) is 0 Å². The Bertz CT molecular complexity index is 666. The molecule has 0 aromatic heterocycles. The number of Topliss-reactive ketones (excluding diaryl/α,β-unsaturated/α-hetero) is 1. The van der Waals surface area contributed by atoms with Crippen molar-refractivity contribution in [3.05, 3.63) is 41.7 Å². The molecule has 1 heterocycles. The molecule has 0 radical (unpaired) electrons. The molecule has 0 amide bonds. The van der Waals surface area contributed by atoms with Crippen molar-refractivity contribution in [3.63, 3.8) is 0 Å². The van der Waals surface area contributed by atoms with Crippen molar-refractivity contribution >= 4 is 5.78 Å². The molecule has 0 aliphatic carbocycles. The van der Waals surface area contributed by atoms with Crippen LogP contribution in [0.1, 0.15) is 13.3 Å². The summed E-state index contributed by atoms with van der Waals surface area (Å²) in [5.41, 5.74) is -1.60. The van der Waals surface area contributed by atoms with E-state index in [2.05, 4.69) is 4.74 Å². The number of halogens is 6. The summed E-state index contributed by atoms with van der Waals surface area (Å²) in [6, 6.07) is 7.62. The van der Waals surface area contributed by atoms with Gasteiger partial charge in [0.1, 0.15) is 5.75 Å². The second kappa shape index (κ2) is 7.56. The standard InChI is InChI=1S/C16H14F6O4/c1-2-24-10-8-11(25-9-6-4-3-5-7-9)26-14(16(20,21)22)12(10)13(23)15(17,18)19/h3-7,10-11H,2,8H2,1H3/t10-,11-/m0/s1. The van der Waals surface area contributed by atoms with Crippen LogP contribution in [0.15, 0.2) is 41.7 Å². The molecule has 10 heteroatoms. The van der Waals surface area contributed by atoms with Crippen LogP contribution in [0, 0.1) is 0 Å². The lowest BCUT2D eigenvalue weighted by molar-refractivity contribution is -0.192. The number of ether oxygens (including phenoxy) is 3. The summed E-state index contributed by atoms with van der Waals surface area (Å²) in [5, 5.41) is 0. The van der Waals surface area contributed by atoms with Crippen LogP contribution in [0.2, 0.25) is 0 Å². The molecule has 0 saturated heterocycles. The minimum absolute atomic E-state index is 0.153. The number of carbonyl (C=O) groups is 1. The molecule has 1 aliphatic rings. The maximum atomic E-state index is 13.3. The van der Waals surface area contributed by atoms with Gasteiger partial charge in [-0.3, -0.25) is 4.79 Å². The topological polar surface area (TPSA) is 44.8 Å². The van der Waals surface area contributed by atoms with Gasteiger partial charge < -0.3 is 14.2 Å². The molecule has 26 heavy (non-hydrogen) atoms. The van der Waals surface area contributed by atoms with E-state index in [4.69, 9.17) is 9.47 Å². The van der Waals surface area contributed by atoms with E-state index in [0.717, 1.165) is 0 Å². The second-order valence-electron chi connectivity index (χ2n) is 5.23. The van der Waals surface area contributed by atoms with Gasteiger partial charge >= 0.3 is 12.4 Å². The predicted octanol–water partition coefficient (Wildman–Crippen LogP) is 4.16. The van der Waals surface area contributed by atoms with Crippen LogP contribution in [-0.2, 0) is 14.3 Å². The van der Waals surface area contributed by atoms with Gasteiger partial charge in [-0.05, 0) is 19.1 Å². The van der Waals surface area contributed by atoms with Crippen molar-refractivity contribution in [2.45, 2.75) is 38.1 Å². The zero-order chi connectivity index (χ0) is 19.5. The lowest BCUT2D eigenvalue weighted by atomic mass is 9.97. The number of hydrogen-bond acceptors (Lipinski definition) is 4. The van der Waals surface area contributed by atoms with E-state index in [0.29, 0.717) is 0 Å². The Morgan fingerprint density at radius 3 is 2.27 bits per heavy atom. The summed E-state index contributed by atoms with van der Waals surface area (Å²) < 4.78 is 92.8. The van der Waals surface area contributed by atoms with Crippen LogP contribution in [-0.4, -0.2) is 37.1 Å². The van der Waals surface area contributed by atoms with Gasteiger partial charge in [0, 0.05) is 6.61 Å². The molecular weight excluding hydrogens is 370 g/mol. The van der Waals surface area contributed by atoms with Gasteiger partial charge in [-0.15, -0.1) is 0 Å². The Morgan fingerprint density at radius 1 is 1.15 bits per heavy atom. The molecule has 2 atom stereocenters. The monoisotopic (exact) mass is 384 g/mol. The summed E-state index contributed by atoms with van der Waals surface area (Å²) >= 11 is 0. The second-order valence-corrected chi connectivity index (χ2v) is 5.23. The smallest absolute Gasteiger partial charge is 0.454 e. The fourth-order valence-electron chi connectivity index (χ4n) is 2.38. The van der Waals surface area contributed by atoms with Gasteiger partial charge in [-0.2, -0.15) is 26.3 Å². The maximum absolute atomic E-state index is 13.3. The molecule has 2 rings (SSSR count). The van der Waals surface area contributed by atoms with Crippen molar-refractivity contribution in [3.8, 4) is 5.75 Å². The quantitative estimate of drug-likeness (QED) is 0.715. The minimum atomic E-state index is -5.50. The first kappa shape index (κ1) is 20.1. The normalized spacial score (nSPS) is 21.3. The number of ketones is 1. The van der Waals surface area contributed by atoms with Crippen molar-refractivity contribution in [1.29, 1.82) is 0 Å². The fraction of sp³-hybridized carbons (Fsp3) is 0.438. The Kier molecular flexibility index (Phi) is 5.84. The highest BCUT2D eigenvalue weighted by molar-refractivity contribution is 6.01. The van der Waals surface area contributed by atoms with Gasteiger partial charge in [0.05, 0.1) is 18.1 Å². The molecule has 0 spiro atoms. The van der Waals surface area contributed by atoms with Crippen LogP contribution in [0.4, 0.5) is 26.3 Å². The van der Waals surface area contributed by atoms with Gasteiger partial charge in [0.25, 0.3) is 5.78 Å². The summed E-state index contributed by atoms with van der Waals surface area (Å²) in [4.78, 5) is 11.5. The fourth-order valence-corrected chi connectivity index (χ4v) is 2.38. The first-order valence-electron chi connectivity index (χ1n) is 7.47. The largest absolute Gasteiger partial charge is 0.455 e. The number of allylic oxidation sites excluding steroid dienone is 1. The lowest BCUT2D eigenvalue weighted by Crippen LogP contribution is -2.43. The van der Waals surface area contributed by atoms with Crippen LogP contribution < -0.4 is 4.74 Å². The van der Waals surface area contributed by atoms with Gasteiger partial charge in [-0.1, -0.05) is 18.2 Å². The highest BCUT2D eigenvalue weighted by Crippen LogP contribution is 2.40. The van der Waals surface area contributed by atoms with Crippen LogP contribution in [0.25, 0.3) is 0 Å². The van der Waals surface area contributed by atoms with Crippen LogP contribution in [0.5, 0.6) is 5.75 Å². The van der Waals surface area contributed by atoms with E-state index in [1.54, 1.807) is 18.2 Å². The molecule has 4 nitrogen and oxygen atoms in total. The third-order valence-electron chi connectivity index (χ3n) is 3.36. The van der Waals surface area contributed by atoms with E-state index in [-0.39, 0.29) is 12.4 Å². The third-order valence-corrected chi connectivity index (χ3v) is 3.36. The highest BCUT2D eigenvalue weighted by atomic mass is 19.4. The van der Waals surface area contributed by atoms with Gasteiger partial charge in [0.2, 0.25) is 12.0 Å². The molecule has 1 aromatic rings. The molecule has 0 bridgehead atoms. The summed E-state index contributed by atoms with van der Waals surface area (Å²) in [6.07, 6.45) is -14.7. The molecule has 144 valence electrons. The Hall–Kier alpha value is -2.23. The van der Waals surface area contributed by atoms with E-state index in [9.17, 15) is 31.1 Å². The Morgan fingerprint density at radius 2 is 1.77 bits per heavy atom. The number of benzene rings is 1. The minimum Gasteiger partial charge on any atom is -0.455 e. The maximum Gasteiger partial charge on any atom is 0.454 e. The number of alkyl halides is 6. The third kappa shape index (κ3) is 4.69. The predicted molar refractivity (Wildman–Crippen MR) is 76.1 cm³/mol. The van der Waals surface area contributed by atoms with Crippen molar-refractivity contribution in [2.24, 2.45) is 0 Å². The molecule has 1 aromatic carbocycles. The van der Waals surface area contributed by atoms with Crippen molar-refractivity contribution in [1.82, 2.24) is 0 Å². The SMILES string of the molecule is CCO[C@H]1C[C@@H](Oc2ccccc2)OC(C(F)(F)F)=C1C(=O)C(F)(F)F. The molecular formula is C16H14F6O4. The molecule has 0 N–H and O–H groups in total. The summed E-state index contributed by atoms with van der Waals surface area (Å²) in [7, 11) is 0. The molecule has 1 aliphatic heterocycles. The Balaban J connectivity index is 2.43. The van der Waals surface area contributed by atoms with E-state index >= 15 is 0 Å². The summed E-state index contributed by atoms with van der Waals surface area (Å²) in [5.74, 6) is -4.55. The molecule has 0 unspecified atom stereocenters. The van der Waals surface area contributed by atoms with Gasteiger partial charge in [0.15, 0.2) is 0 Å². The lowest BCUT2D eigenvalue weighted by Gasteiger charge is -2.34. The molecule has 0 saturated carbocycles. The van der Waals surface area contributed by atoms with E-state index in [1.165, 1.54) is 19.1 Å². The zero-order valence-corrected chi connectivity index (χ0v) is 13.4. The zero-order valence-electron chi connectivity index (χ0n) is 13.4. The average molecular weight is 384 g/mol. The number of rotatable bonds is 5. The summed E-state index contributed by atoms with van der Waals surface area (Å²) in [6.45, 7) is 1.17. The average Bonchev–Trinajstić information content (AvgIpc) is 2.53. The molecule has 0 fully saturated rings. The van der Waals surface area contributed by atoms with E-state index < -0.39 is 48.3 Å². The number of carbonyl (C=O) groups excluding carboxylic acids is 1. The first-order chi connectivity index (χ1) is 12.0. The number of para-hydroxylation sites is 1. The highest BCUT2D eigenvalue weighted by Gasteiger charge is 2.53. The van der Waals surface area contributed by atoms with Crippen molar-refractivity contribution in [2.75, 3.05) is 6.61 Å².